The lowest BCUT2D eigenvalue weighted by Gasteiger charge is -2.20. The fourth-order valence-electron chi connectivity index (χ4n) is 2.12. The van der Waals surface area contributed by atoms with E-state index in [1.807, 2.05) is 0 Å². The molecule has 1 aromatic rings. The molecule has 0 radical (unpaired) electrons. The van der Waals surface area contributed by atoms with Crippen molar-refractivity contribution in [1.29, 1.82) is 0 Å². The Balaban J connectivity index is 2.15. The summed E-state index contributed by atoms with van der Waals surface area (Å²) < 4.78 is 28.2. The Kier molecular flexibility index (Phi) is 5.11. The average Bonchev–Trinajstić information content (AvgIpc) is 2.64. The second-order valence-electron chi connectivity index (χ2n) is 4.44. The Morgan fingerprint density at radius 1 is 1.33 bits per heavy atom. The smallest absolute Gasteiger partial charge is 0.206 e. The van der Waals surface area contributed by atoms with Crippen LogP contribution in [-0.4, -0.2) is 19.8 Å². The molecule has 1 aromatic heterocycles. The molecule has 0 saturated heterocycles. The lowest BCUT2D eigenvalue weighted by Crippen LogP contribution is -2.40. The molecule has 0 amide bonds. The van der Waals surface area contributed by atoms with Crippen LogP contribution in [0.15, 0.2) is 20.1 Å². The highest BCUT2D eigenvalue weighted by Gasteiger charge is 2.28. The van der Waals surface area contributed by atoms with Gasteiger partial charge in [-0.1, -0.05) is 19.3 Å². The van der Waals surface area contributed by atoms with E-state index in [2.05, 4.69) is 20.7 Å². The van der Waals surface area contributed by atoms with Crippen LogP contribution in [0.2, 0.25) is 0 Å². The minimum Gasteiger partial charge on any atom is -0.206 e. The SMILES string of the molecule is O=S(=O)(NC1CCCCCC1Cl)c1sccc1Br. The van der Waals surface area contributed by atoms with Crippen LogP contribution in [0.4, 0.5) is 0 Å². The molecule has 1 aliphatic rings. The van der Waals surface area contributed by atoms with Gasteiger partial charge in [-0.3, -0.25) is 0 Å². The van der Waals surface area contributed by atoms with Crippen molar-refractivity contribution < 1.29 is 8.42 Å². The number of rotatable bonds is 3. The second-order valence-corrected chi connectivity index (χ2v) is 8.68. The number of nitrogens with one attached hydrogen (secondary N) is 1. The molecule has 1 N–H and O–H groups in total. The normalized spacial score (nSPS) is 25.9. The Morgan fingerprint density at radius 3 is 2.72 bits per heavy atom. The van der Waals surface area contributed by atoms with Crippen molar-refractivity contribution in [3.05, 3.63) is 15.9 Å². The van der Waals surface area contributed by atoms with Crippen molar-refractivity contribution in [2.75, 3.05) is 0 Å². The molecule has 102 valence electrons. The number of hydrogen-bond acceptors (Lipinski definition) is 3. The highest BCUT2D eigenvalue weighted by molar-refractivity contribution is 9.10. The van der Waals surface area contributed by atoms with Crippen molar-refractivity contribution >= 4 is 48.9 Å². The van der Waals surface area contributed by atoms with E-state index in [9.17, 15) is 8.42 Å². The third kappa shape index (κ3) is 3.48. The Labute approximate surface area is 125 Å². The molecule has 0 bridgehead atoms. The minimum absolute atomic E-state index is 0.110. The zero-order valence-corrected chi connectivity index (χ0v) is 13.7. The summed E-state index contributed by atoms with van der Waals surface area (Å²) in [5, 5.41) is 1.64. The Morgan fingerprint density at radius 2 is 2.06 bits per heavy atom. The number of sulfonamides is 1. The van der Waals surface area contributed by atoms with Gasteiger partial charge < -0.3 is 0 Å². The van der Waals surface area contributed by atoms with E-state index in [4.69, 9.17) is 11.6 Å². The molecule has 1 fully saturated rings. The molecule has 2 rings (SSSR count). The topological polar surface area (TPSA) is 46.2 Å². The molecule has 1 saturated carbocycles. The van der Waals surface area contributed by atoms with E-state index in [0.29, 0.717) is 8.68 Å². The third-order valence-electron chi connectivity index (χ3n) is 3.07. The predicted molar refractivity (Wildman–Crippen MR) is 78.9 cm³/mol. The molecular formula is C11H15BrClNO2S2. The van der Waals surface area contributed by atoms with Crippen molar-refractivity contribution in [3.8, 4) is 0 Å². The standard InChI is InChI=1S/C11H15BrClNO2S2/c12-8-6-7-17-11(8)18(15,16)14-10-5-3-1-2-4-9(10)13/h6-7,9-10,14H,1-5H2. The summed E-state index contributed by atoms with van der Waals surface area (Å²) in [5.41, 5.74) is 0. The summed E-state index contributed by atoms with van der Waals surface area (Å²) >= 11 is 10.7. The van der Waals surface area contributed by atoms with Crippen LogP contribution in [0.25, 0.3) is 0 Å². The second kappa shape index (κ2) is 6.22. The molecule has 7 heteroatoms. The van der Waals surface area contributed by atoms with Crippen molar-refractivity contribution in [3.63, 3.8) is 0 Å². The summed E-state index contributed by atoms with van der Waals surface area (Å²) in [6.07, 6.45) is 4.93. The first kappa shape index (κ1) is 14.8. The maximum Gasteiger partial charge on any atom is 0.251 e. The summed E-state index contributed by atoms with van der Waals surface area (Å²) in [5.74, 6) is 0. The van der Waals surface area contributed by atoms with Crippen molar-refractivity contribution in [1.82, 2.24) is 4.72 Å². The molecule has 18 heavy (non-hydrogen) atoms. The highest BCUT2D eigenvalue weighted by Crippen LogP contribution is 2.29. The van der Waals surface area contributed by atoms with E-state index in [1.54, 1.807) is 11.4 Å². The van der Waals surface area contributed by atoms with Crippen LogP contribution < -0.4 is 4.72 Å². The van der Waals surface area contributed by atoms with Gasteiger partial charge in [0.2, 0.25) is 0 Å². The Hall–Kier alpha value is 0.380. The predicted octanol–water partition coefficient (Wildman–Crippen LogP) is 3.73. The average molecular weight is 373 g/mol. The van der Waals surface area contributed by atoms with Gasteiger partial charge in [0, 0.05) is 15.9 Å². The summed E-state index contributed by atoms with van der Waals surface area (Å²) in [6.45, 7) is 0. The maximum absolute atomic E-state index is 12.3. The summed E-state index contributed by atoms with van der Waals surface area (Å²) in [4.78, 5) is 0. The van der Waals surface area contributed by atoms with Crippen LogP contribution >= 0.6 is 38.9 Å². The molecule has 2 atom stereocenters. The van der Waals surface area contributed by atoms with Gasteiger partial charge in [0.25, 0.3) is 10.0 Å². The van der Waals surface area contributed by atoms with E-state index in [0.717, 1.165) is 32.1 Å². The van der Waals surface area contributed by atoms with Gasteiger partial charge in [-0.25, -0.2) is 13.1 Å². The molecule has 1 heterocycles. The number of alkyl halides is 1. The number of thiophene rings is 1. The highest BCUT2D eigenvalue weighted by atomic mass is 79.9. The number of hydrogen-bond donors (Lipinski definition) is 1. The lowest BCUT2D eigenvalue weighted by atomic mass is 10.1. The van der Waals surface area contributed by atoms with Gasteiger partial charge in [0.05, 0.1) is 0 Å². The van der Waals surface area contributed by atoms with E-state index in [1.165, 1.54) is 11.3 Å². The van der Waals surface area contributed by atoms with Gasteiger partial charge in [-0.15, -0.1) is 22.9 Å². The van der Waals surface area contributed by atoms with Crippen LogP contribution in [0.1, 0.15) is 32.1 Å². The molecule has 1 aliphatic carbocycles. The first-order chi connectivity index (χ1) is 8.50. The lowest BCUT2D eigenvalue weighted by molar-refractivity contribution is 0.515. The largest absolute Gasteiger partial charge is 0.251 e. The van der Waals surface area contributed by atoms with Crippen molar-refractivity contribution in [2.24, 2.45) is 0 Å². The minimum atomic E-state index is -3.46. The van der Waals surface area contributed by atoms with Gasteiger partial charge >= 0.3 is 0 Å². The number of halogens is 2. The molecule has 0 spiro atoms. The third-order valence-corrected chi connectivity index (χ3v) is 7.75. The maximum atomic E-state index is 12.3. The fraction of sp³-hybridized carbons (Fsp3) is 0.636. The quantitative estimate of drug-likeness (QED) is 0.649. The zero-order valence-electron chi connectivity index (χ0n) is 9.73. The first-order valence-electron chi connectivity index (χ1n) is 5.90. The van der Waals surface area contributed by atoms with E-state index < -0.39 is 10.0 Å². The first-order valence-corrected chi connectivity index (χ1v) is 9.49. The molecule has 2 unspecified atom stereocenters. The van der Waals surface area contributed by atoms with E-state index >= 15 is 0 Å². The van der Waals surface area contributed by atoms with E-state index in [-0.39, 0.29) is 11.4 Å². The molecule has 3 nitrogen and oxygen atoms in total. The molecule has 0 aromatic carbocycles. The molecular weight excluding hydrogens is 358 g/mol. The van der Waals surface area contributed by atoms with Crippen LogP contribution in [0.3, 0.4) is 0 Å². The van der Waals surface area contributed by atoms with Crippen LogP contribution in [0.5, 0.6) is 0 Å². The van der Waals surface area contributed by atoms with Crippen LogP contribution in [-0.2, 0) is 10.0 Å². The monoisotopic (exact) mass is 371 g/mol. The molecule has 0 aliphatic heterocycles. The van der Waals surface area contributed by atoms with Gasteiger partial charge in [-0.05, 0) is 40.2 Å². The van der Waals surface area contributed by atoms with Gasteiger partial charge in [-0.2, -0.15) is 0 Å². The van der Waals surface area contributed by atoms with Gasteiger partial charge in [0.15, 0.2) is 0 Å². The van der Waals surface area contributed by atoms with Gasteiger partial charge in [0.1, 0.15) is 4.21 Å². The van der Waals surface area contributed by atoms with Crippen molar-refractivity contribution in [2.45, 2.75) is 47.7 Å². The Bertz CT molecular complexity index is 503. The summed E-state index contributed by atoms with van der Waals surface area (Å²) in [7, 11) is -3.46. The zero-order chi connectivity index (χ0) is 13.2. The fourth-order valence-corrected chi connectivity index (χ4v) is 6.20. The summed E-state index contributed by atoms with van der Waals surface area (Å²) in [6, 6.07) is 1.58. The van der Waals surface area contributed by atoms with Crippen LogP contribution in [0, 0.1) is 0 Å².